The molecule has 0 fully saturated rings. The first-order valence-electron chi connectivity index (χ1n) is 7.87. The van der Waals surface area contributed by atoms with Crippen molar-refractivity contribution in [3.05, 3.63) is 24.3 Å². The van der Waals surface area contributed by atoms with Gasteiger partial charge in [-0.1, -0.05) is 25.6 Å². The van der Waals surface area contributed by atoms with Gasteiger partial charge in [-0.3, -0.25) is 4.79 Å². The van der Waals surface area contributed by atoms with Gasteiger partial charge in [-0.2, -0.15) is 0 Å². The first kappa shape index (κ1) is 18.3. The average Bonchev–Trinajstić information content (AvgIpc) is 3.01. The Morgan fingerprint density at radius 2 is 1.92 bits per heavy atom. The second-order valence-corrected chi connectivity index (χ2v) is 6.94. The van der Waals surface area contributed by atoms with Gasteiger partial charge in [0.2, 0.25) is 11.8 Å². The fraction of sp³-hybridized carbons (Fsp3) is 0.471. The van der Waals surface area contributed by atoms with Gasteiger partial charge in [-0.05, 0) is 37.1 Å². The van der Waals surface area contributed by atoms with Crippen molar-refractivity contribution >= 4 is 17.7 Å². The van der Waals surface area contributed by atoms with E-state index < -0.39 is 0 Å². The van der Waals surface area contributed by atoms with Crippen LogP contribution in [0.4, 0.5) is 0 Å². The quantitative estimate of drug-likeness (QED) is 0.714. The molecule has 130 valence electrons. The zero-order valence-electron chi connectivity index (χ0n) is 14.6. The smallest absolute Gasteiger partial charge is 0.277 e. The highest BCUT2D eigenvalue weighted by Gasteiger charge is 2.27. The maximum Gasteiger partial charge on any atom is 0.277 e. The average molecular weight is 349 g/mol. The van der Waals surface area contributed by atoms with Crippen LogP contribution in [-0.4, -0.2) is 47.0 Å². The molecule has 0 saturated carbocycles. The SMILES string of the molecule is CCOc1ccc(-c2nnc(S[C@@H](C(=O)N(C)C)C(C)C)o2)cc1. The Bertz CT molecular complexity index is 668. The van der Waals surface area contributed by atoms with E-state index in [4.69, 9.17) is 9.15 Å². The van der Waals surface area contributed by atoms with Gasteiger partial charge in [0.15, 0.2) is 0 Å². The lowest BCUT2D eigenvalue weighted by Gasteiger charge is -2.21. The van der Waals surface area contributed by atoms with Crippen molar-refractivity contribution < 1.29 is 13.9 Å². The van der Waals surface area contributed by atoms with E-state index in [1.54, 1.807) is 19.0 Å². The summed E-state index contributed by atoms with van der Waals surface area (Å²) in [6.07, 6.45) is 0. The second-order valence-electron chi connectivity index (χ2n) is 5.85. The number of carbonyl (C=O) groups excluding carboxylic acids is 1. The predicted octanol–water partition coefficient (Wildman–Crippen LogP) is 3.34. The number of carbonyl (C=O) groups is 1. The zero-order valence-corrected chi connectivity index (χ0v) is 15.5. The van der Waals surface area contributed by atoms with Crippen LogP contribution in [0.1, 0.15) is 20.8 Å². The van der Waals surface area contributed by atoms with Crippen LogP contribution in [-0.2, 0) is 4.79 Å². The predicted molar refractivity (Wildman–Crippen MR) is 94.1 cm³/mol. The van der Waals surface area contributed by atoms with E-state index in [1.165, 1.54) is 11.8 Å². The molecule has 1 amide bonds. The second kappa shape index (κ2) is 8.19. The monoisotopic (exact) mass is 349 g/mol. The van der Waals surface area contributed by atoms with Crippen molar-refractivity contribution in [3.8, 4) is 17.2 Å². The summed E-state index contributed by atoms with van der Waals surface area (Å²) in [4.78, 5) is 13.9. The summed E-state index contributed by atoms with van der Waals surface area (Å²) < 4.78 is 11.1. The van der Waals surface area contributed by atoms with Gasteiger partial charge >= 0.3 is 0 Å². The van der Waals surface area contributed by atoms with Crippen molar-refractivity contribution in [1.29, 1.82) is 0 Å². The molecule has 0 aliphatic rings. The molecule has 2 rings (SSSR count). The van der Waals surface area contributed by atoms with Crippen LogP contribution in [0.15, 0.2) is 33.9 Å². The fourth-order valence-electron chi connectivity index (χ4n) is 2.07. The van der Waals surface area contributed by atoms with Crippen LogP contribution < -0.4 is 4.74 Å². The van der Waals surface area contributed by atoms with Crippen LogP contribution in [0, 0.1) is 5.92 Å². The maximum atomic E-state index is 12.3. The highest BCUT2D eigenvalue weighted by molar-refractivity contribution is 8.00. The number of hydrogen-bond acceptors (Lipinski definition) is 6. The van der Waals surface area contributed by atoms with Crippen LogP contribution in [0.2, 0.25) is 0 Å². The molecule has 1 aromatic heterocycles. The van der Waals surface area contributed by atoms with E-state index in [9.17, 15) is 4.79 Å². The molecule has 0 saturated heterocycles. The fourth-order valence-corrected chi connectivity index (χ4v) is 3.09. The van der Waals surface area contributed by atoms with Gasteiger partial charge in [-0.25, -0.2) is 0 Å². The summed E-state index contributed by atoms with van der Waals surface area (Å²) in [5.41, 5.74) is 0.817. The van der Waals surface area contributed by atoms with E-state index >= 15 is 0 Å². The first-order chi connectivity index (χ1) is 11.4. The Morgan fingerprint density at radius 3 is 2.46 bits per heavy atom. The van der Waals surface area contributed by atoms with Crippen molar-refractivity contribution in [3.63, 3.8) is 0 Å². The molecule has 0 bridgehead atoms. The van der Waals surface area contributed by atoms with Crippen molar-refractivity contribution in [2.75, 3.05) is 20.7 Å². The third kappa shape index (κ3) is 4.50. The summed E-state index contributed by atoms with van der Waals surface area (Å²) >= 11 is 1.30. The normalized spacial score (nSPS) is 12.2. The van der Waals surface area contributed by atoms with Crippen molar-refractivity contribution in [2.45, 2.75) is 31.2 Å². The zero-order chi connectivity index (χ0) is 17.7. The van der Waals surface area contributed by atoms with Gasteiger partial charge < -0.3 is 14.1 Å². The highest BCUT2D eigenvalue weighted by atomic mass is 32.2. The molecule has 0 radical (unpaired) electrons. The molecule has 1 heterocycles. The van der Waals surface area contributed by atoms with E-state index in [-0.39, 0.29) is 17.1 Å². The molecule has 1 aromatic carbocycles. The number of ether oxygens (including phenoxy) is 1. The number of nitrogens with zero attached hydrogens (tertiary/aromatic N) is 3. The minimum atomic E-state index is -0.256. The molecule has 7 heteroatoms. The third-order valence-electron chi connectivity index (χ3n) is 3.34. The van der Waals surface area contributed by atoms with Crippen LogP contribution >= 0.6 is 11.8 Å². The summed E-state index contributed by atoms with van der Waals surface area (Å²) in [5, 5.41) is 8.28. The highest BCUT2D eigenvalue weighted by Crippen LogP contribution is 2.31. The molecule has 0 unspecified atom stereocenters. The van der Waals surface area contributed by atoms with Crippen LogP contribution in [0.3, 0.4) is 0 Å². The van der Waals surface area contributed by atoms with Gasteiger partial charge in [0.05, 0.1) is 11.9 Å². The topological polar surface area (TPSA) is 68.5 Å². The summed E-state index contributed by atoms with van der Waals surface area (Å²) in [6.45, 7) is 6.57. The van der Waals surface area contributed by atoms with Gasteiger partial charge in [0.25, 0.3) is 5.22 Å². The maximum absolute atomic E-state index is 12.3. The molecule has 6 nitrogen and oxygen atoms in total. The largest absolute Gasteiger partial charge is 0.494 e. The molecule has 0 N–H and O–H groups in total. The third-order valence-corrected chi connectivity index (χ3v) is 4.70. The minimum Gasteiger partial charge on any atom is -0.494 e. The van der Waals surface area contributed by atoms with E-state index in [0.717, 1.165) is 11.3 Å². The molecule has 0 spiro atoms. The van der Waals surface area contributed by atoms with E-state index in [1.807, 2.05) is 45.0 Å². The number of benzene rings is 1. The molecule has 2 aromatic rings. The van der Waals surface area contributed by atoms with Crippen molar-refractivity contribution in [2.24, 2.45) is 5.92 Å². The Kier molecular flexibility index (Phi) is 6.25. The first-order valence-corrected chi connectivity index (χ1v) is 8.75. The van der Waals surface area contributed by atoms with Gasteiger partial charge in [0, 0.05) is 19.7 Å². The van der Waals surface area contributed by atoms with Crippen molar-refractivity contribution in [1.82, 2.24) is 15.1 Å². The molecule has 0 aliphatic carbocycles. The van der Waals surface area contributed by atoms with Gasteiger partial charge in [0.1, 0.15) is 5.75 Å². The number of thioether (sulfide) groups is 1. The lowest BCUT2D eigenvalue weighted by Crippen LogP contribution is -2.34. The molecule has 1 atom stereocenters. The summed E-state index contributed by atoms with van der Waals surface area (Å²) in [5.74, 6) is 1.42. The molecule has 0 aliphatic heterocycles. The lowest BCUT2D eigenvalue weighted by atomic mass is 10.1. The Balaban J connectivity index is 2.13. The Morgan fingerprint density at radius 1 is 1.25 bits per heavy atom. The number of amides is 1. The summed E-state index contributed by atoms with van der Waals surface area (Å²) in [6, 6.07) is 7.47. The molecular weight excluding hydrogens is 326 g/mol. The molecule has 24 heavy (non-hydrogen) atoms. The number of aromatic nitrogens is 2. The minimum absolute atomic E-state index is 0.0378. The molecular formula is C17H23N3O3S. The standard InChI is InChI=1S/C17H23N3O3S/c1-6-22-13-9-7-12(8-10-13)15-18-19-17(23-15)24-14(11(2)3)16(21)20(4)5/h7-11,14H,6H2,1-5H3/t14-/m1/s1. The van der Waals surface area contributed by atoms with E-state index in [2.05, 4.69) is 10.2 Å². The van der Waals surface area contributed by atoms with Crippen LogP contribution in [0.5, 0.6) is 5.75 Å². The Labute approximate surface area is 146 Å². The number of hydrogen-bond donors (Lipinski definition) is 0. The lowest BCUT2D eigenvalue weighted by molar-refractivity contribution is -0.128. The van der Waals surface area contributed by atoms with Crippen LogP contribution in [0.25, 0.3) is 11.5 Å². The number of rotatable bonds is 7. The Hall–Kier alpha value is -2.02. The van der Waals surface area contributed by atoms with E-state index in [0.29, 0.717) is 17.7 Å². The van der Waals surface area contributed by atoms with Gasteiger partial charge in [-0.15, -0.1) is 10.2 Å². The summed E-state index contributed by atoms with van der Waals surface area (Å²) in [7, 11) is 3.49.